The molecule has 5 heteroatoms. The summed E-state index contributed by atoms with van der Waals surface area (Å²) in [4.78, 5) is 10.8. The number of unbranched alkanes of at least 4 members (excludes halogenated alkanes) is 6. The minimum atomic E-state index is -0.732. The summed E-state index contributed by atoms with van der Waals surface area (Å²) in [5.41, 5.74) is 2.32. The topological polar surface area (TPSA) is 65.0 Å². The molecule has 0 saturated heterocycles. The molecule has 0 radical (unpaired) electrons. The Kier molecular flexibility index (Phi) is 14.2. The molecule has 0 bridgehead atoms. The number of aliphatic carboxylic acids is 1. The van der Waals surface area contributed by atoms with Crippen LogP contribution in [0.1, 0.15) is 82.3 Å². The maximum absolute atomic E-state index is 10.8. The maximum atomic E-state index is 10.8. The molecule has 1 aliphatic carbocycles. The SMILES string of the molecule is CCCCCCCOC1C(OCc2ccccc2)CC(OCc2ccccc2)C1/C=C/CCCCC(=O)O. The number of hydrogen-bond donors (Lipinski definition) is 1. The van der Waals surface area contributed by atoms with E-state index in [-0.39, 0.29) is 30.7 Å². The average Bonchev–Trinajstić information content (AvgIpc) is 3.27. The number of carboxylic acid groups (broad SMARTS) is 1. The highest BCUT2D eigenvalue weighted by Crippen LogP contribution is 2.36. The molecule has 4 atom stereocenters. The van der Waals surface area contributed by atoms with Crippen LogP contribution in [0.25, 0.3) is 0 Å². The van der Waals surface area contributed by atoms with Gasteiger partial charge in [0.1, 0.15) is 0 Å². The Labute approximate surface area is 229 Å². The van der Waals surface area contributed by atoms with Gasteiger partial charge in [0.25, 0.3) is 0 Å². The monoisotopic (exact) mass is 522 g/mol. The molecule has 1 aliphatic rings. The van der Waals surface area contributed by atoms with Gasteiger partial charge in [0.15, 0.2) is 0 Å². The van der Waals surface area contributed by atoms with Gasteiger partial charge in [-0.2, -0.15) is 0 Å². The summed E-state index contributed by atoms with van der Waals surface area (Å²) in [6.07, 6.45) is 13.7. The first kappa shape index (κ1) is 30.1. The lowest BCUT2D eigenvalue weighted by atomic mass is 10.0. The molecule has 0 amide bonds. The Balaban J connectivity index is 1.67. The van der Waals surface area contributed by atoms with E-state index in [4.69, 9.17) is 19.3 Å². The minimum absolute atomic E-state index is 0.00339. The molecule has 208 valence electrons. The first-order valence-electron chi connectivity index (χ1n) is 14.5. The number of hydrogen-bond acceptors (Lipinski definition) is 4. The fourth-order valence-electron chi connectivity index (χ4n) is 5.05. The molecule has 2 aromatic rings. The normalized spacial score (nSPS) is 21.3. The zero-order chi connectivity index (χ0) is 26.8. The second kappa shape index (κ2) is 17.9. The van der Waals surface area contributed by atoms with Gasteiger partial charge in [-0.1, -0.05) is 105 Å². The van der Waals surface area contributed by atoms with Crippen LogP contribution in [0.4, 0.5) is 0 Å². The van der Waals surface area contributed by atoms with Gasteiger partial charge in [0, 0.05) is 25.4 Å². The van der Waals surface area contributed by atoms with E-state index < -0.39 is 5.97 Å². The Morgan fingerprint density at radius 1 is 0.816 bits per heavy atom. The fraction of sp³-hybridized carbons (Fsp3) is 0.545. The summed E-state index contributed by atoms with van der Waals surface area (Å²) >= 11 is 0. The maximum Gasteiger partial charge on any atom is 0.303 e. The molecule has 1 N–H and O–H groups in total. The lowest BCUT2D eigenvalue weighted by molar-refractivity contribution is -0.137. The van der Waals surface area contributed by atoms with E-state index in [0.29, 0.717) is 19.6 Å². The van der Waals surface area contributed by atoms with Gasteiger partial charge in [-0.05, 0) is 36.8 Å². The van der Waals surface area contributed by atoms with E-state index in [9.17, 15) is 4.79 Å². The number of carboxylic acids is 1. The Morgan fingerprint density at radius 2 is 1.45 bits per heavy atom. The van der Waals surface area contributed by atoms with Crippen molar-refractivity contribution in [3.63, 3.8) is 0 Å². The second-order valence-corrected chi connectivity index (χ2v) is 10.3. The standard InChI is InChI=1S/C33H46O5/c1-2-3-4-7-16-23-36-33-29(21-14-5-6-15-22-32(34)35)30(37-25-27-17-10-8-11-18-27)24-31(33)38-26-28-19-12-9-13-20-28/h8-14,17-21,29-31,33H,2-7,15-16,22-26H2,1H3,(H,34,35)/b21-14+. The minimum Gasteiger partial charge on any atom is -0.481 e. The van der Waals surface area contributed by atoms with Crippen LogP contribution in [0.3, 0.4) is 0 Å². The molecular weight excluding hydrogens is 476 g/mol. The van der Waals surface area contributed by atoms with Gasteiger partial charge < -0.3 is 19.3 Å². The smallest absolute Gasteiger partial charge is 0.303 e. The van der Waals surface area contributed by atoms with E-state index in [0.717, 1.165) is 43.4 Å². The number of benzene rings is 2. The molecule has 0 aliphatic heterocycles. The largest absolute Gasteiger partial charge is 0.481 e. The number of ether oxygens (including phenoxy) is 3. The number of carbonyl (C=O) groups is 1. The average molecular weight is 523 g/mol. The van der Waals surface area contributed by atoms with E-state index in [1.165, 1.54) is 25.7 Å². The summed E-state index contributed by atoms with van der Waals surface area (Å²) in [5.74, 6) is -0.639. The fourth-order valence-corrected chi connectivity index (χ4v) is 5.05. The molecule has 3 rings (SSSR count). The summed E-state index contributed by atoms with van der Waals surface area (Å²) in [7, 11) is 0. The highest BCUT2D eigenvalue weighted by atomic mass is 16.6. The molecule has 0 spiro atoms. The van der Waals surface area contributed by atoms with Crippen LogP contribution in [-0.4, -0.2) is 36.0 Å². The third kappa shape index (κ3) is 11.1. The zero-order valence-corrected chi connectivity index (χ0v) is 23.0. The predicted octanol–water partition coefficient (Wildman–Crippen LogP) is 7.73. The van der Waals surface area contributed by atoms with E-state index in [2.05, 4.69) is 43.3 Å². The highest BCUT2D eigenvalue weighted by Gasteiger charge is 2.44. The van der Waals surface area contributed by atoms with Crippen LogP contribution in [0.5, 0.6) is 0 Å². The van der Waals surface area contributed by atoms with Crippen LogP contribution >= 0.6 is 0 Å². The molecule has 0 aromatic heterocycles. The van der Waals surface area contributed by atoms with Crippen molar-refractivity contribution in [2.75, 3.05) is 6.61 Å². The van der Waals surface area contributed by atoms with Crippen molar-refractivity contribution in [1.29, 1.82) is 0 Å². The lowest BCUT2D eigenvalue weighted by Gasteiger charge is -2.25. The van der Waals surface area contributed by atoms with Crippen LogP contribution in [0, 0.1) is 5.92 Å². The third-order valence-corrected chi connectivity index (χ3v) is 7.18. The van der Waals surface area contributed by atoms with Crippen molar-refractivity contribution in [1.82, 2.24) is 0 Å². The summed E-state index contributed by atoms with van der Waals surface area (Å²) in [5, 5.41) is 8.91. The van der Waals surface area contributed by atoms with Crippen molar-refractivity contribution in [2.45, 2.75) is 103 Å². The van der Waals surface area contributed by atoms with Gasteiger partial charge in [0.05, 0.1) is 31.5 Å². The van der Waals surface area contributed by atoms with Crippen LogP contribution < -0.4 is 0 Å². The quantitative estimate of drug-likeness (QED) is 0.151. The Morgan fingerprint density at radius 3 is 2.08 bits per heavy atom. The van der Waals surface area contributed by atoms with E-state index >= 15 is 0 Å². The molecule has 5 nitrogen and oxygen atoms in total. The predicted molar refractivity (Wildman–Crippen MR) is 152 cm³/mol. The molecule has 2 aromatic carbocycles. The number of rotatable bonds is 19. The molecule has 38 heavy (non-hydrogen) atoms. The van der Waals surface area contributed by atoms with Crippen molar-refractivity contribution >= 4 is 5.97 Å². The first-order chi connectivity index (χ1) is 18.7. The molecule has 1 fully saturated rings. The van der Waals surface area contributed by atoms with Crippen molar-refractivity contribution in [2.24, 2.45) is 5.92 Å². The van der Waals surface area contributed by atoms with E-state index in [1.807, 2.05) is 36.4 Å². The zero-order valence-electron chi connectivity index (χ0n) is 23.0. The van der Waals surface area contributed by atoms with Gasteiger partial charge in [-0.25, -0.2) is 0 Å². The van der Waals surface area contributed by atoms with Crippen molar-refractivity contribution < 1.29 is 24.1 Å². The van der Waals surface area contributed by atoms with Gasteiger partial charge >= 0.3 is 5.97 Å². The highest BCUT2D eigenvalue weighted by molar-refractivity contribution is 5.66. The molecular formula is C33H46O5. The molecule has 4 unspecified atom stereocenters. The molecule has 0 heterocycles. The lowest BCUT2D eigenvalue weighted by Crippen LogP contribution is -2.32. The van der Waals surface area contributed by atoms with Crippen LogP contribution in [-0.2, 0) is 32.2 Å². The van der Waals surface area contributed by atoms with Crippen molar-refractivity contribution in [3.8, 4) is 0 Å². The molecule has 1 saturated carbocycles. The summed E-state index contributed by atoms with van der Waals surface area (Å²) in [6, 6.07) is 20.6. The first-order valence-corrected chi connectivity index (χ1v) is 14.5. The number of allylic oxidation sites excluding steroid dienone is 1. The van der Waals surface area contributed by atoms with Crippen molar-refractivity contribution in [3.05, 3.63) is 83.9 Å². The van der Waals surface area contributed by atoms with Gasteiger partial charge in [-0.3, -0.25) is 4.79 Å². The Hall–Kier alpha value is -2.47. The van der Waals surface area contributed by atoms with Gasteiger partial charge in [0.2, 0.25) is 0 Å². The van der Waals surface area contributed by atoms with E-state index in [1.54, 1.807) is 0 Å². The van der Waals surface area contributed by atoms with Crippen LogP contribution in [0.2, 0.25) is 0 Å². The second-order valence-electron chi connectivity index (χ2n) is 10.3. The Bertz CT molecular complexity index is 913. The van der Waals surface area contributed by atoms with Gasteiger partial charge in [-0.15, -0.1) is 0 Å². The third-order valence-electron chi connectivity index (χ3n) is 7.18. The summed E-state index contributed by atoms with van der Waals surface area (Å²) < 4.78 is 19.5. The summed E-state index contributed by atoms with van der Waals surface area (Å²) in [6.45, 7) is 4.08. The van der Waals surface area contributed by atoms with Crippen LogP contribution in [0.15, 0.2) is 72.8 Å².